The number of alkyl carbamates (subject to hydrolysis) is 1. The summed E-state index contributed by atoms with van der Waals surface area (Å²) in [4.78, 5) is 35.8. The molecule has 9 heteroatoms. The summed E-state index contributed by atoms with van der Waals surface area (Å²) in [7, 11) is 0. The van der Waals surface area contributed by atoms with Crippen LogP contribution in [0.2, 0.25) is 0 Å². The highest BCUT2D eigenvalue weighted by atomic mass is 127. The summed E-state index contributed by atoms with van der Waals surface area (Å²) in [5.41, 5.74) is 1.50. The maximum atomic E-state index is 12.3. The van der Waals surface area contributed by atoms with Crippen LogP contribution >= 0.6 is 22.6 Å². The van der Waals surface area contributed by atoms with Gasteiger partial charge in [0.1, 0.15) is 18.7 Å². The van der Waals surface area contributed by atoms with E-state index in [0.29, 0.717) is 0 Å². The van der Waals surface area contributed by atoms with Gasteiger partial charge in [0.2, 0.25) is 5.91 Å². The Hall–Kier alpha value is -2.66. The lowest BCUT2D eigenvalue weighted by Crippen LogP contribution is -2.53. The second-order valence-electron chi connectivity index (χ2n) is 6.17. The Balaban J connectivity index is 1.92. The van der Waals surface area contributed by atoms with Crippen LogP contribution in [0, 0.1) is 3.57 Å². The van der Waals surface area contributed by atoms with E-state index in [-0.39, 0.29) is 13.0 Å². The van der Waals surface area contributed by atoms with Gasteiger partial charge in [-0.1, -0.05) is 42.5 Å². The summed E-state index contributed by atoms with van der Waals surface area (Å²) in [5.74, 6) is -2.04. The summed E-state index contributed by atoms with van der Waals surface area (Å²) < 4.78 is 5.95. The van der Waals surface area contributed by atoms with Crippen LogP contribution < -0.4 is 10.6 Å². The zero-order valence-electron chi connectivity index (χ0n) is 15.4. The second kappa shape index (κ2) is 11.4. The van der Waals surface area contributed by atoms with Crippen LogP contribution in [0.1, 0.15) is 11.1 Å². The third-order valence-corrected chi connectivity index (χ3v) is 4.62. The van der Waals surface area contributed by atoms with Crippen molar-refractivity contribution in [1.29, 1.82) is 0 Å². The summed E-state index contributed by atoms with van der Waals surface area (Å²) >= 11 is 2.11. The number of carbonyl (C=O) groups excluding carboxylic acids is 2. The van der Waals surface area contributed by atoms with Crippen molar-refractivity contribution in [3.63, 3.8) is 0 Å². The lowest BCUT2D eigenvalue weighted by Gasteiger charge is -2.20. The number of benzene rings is 2. The molecule has 0 saturated heterocycles. The minimum Gasteiger partial charge on any atom is -0.480 e. The van der Waals surface area contributed by atoms with Gasteiger partial charge in [0.25, 0.3) is 0 Å². The van der Waals surface area contributed by atoms with Crippen LogP contribution in [0.4, 0.5) is 4.79 Å². The standard InChI is InChI=1S/C20H21IN2O6/c21-15-8-4-7-14(9-15)10-16(19(26)27)22-18(25)17(11-24)23-20(28)29-12-13-5-2-1-3-6-13/h1-9,16-17,24H,10-12H2,(H,22,25)(H,23,28)(H,26,27)/t16-,17-/m0/s1. The minimum atomic E-state index is -1.34. The molecule has 2 rings (SSSR count). The number of aliphatic hydroxyl groups is 1. The van der Waals surface area contributed by atoms with Crippen molar-refractivity contribution in [2.24, 2.45) is 0 Å². The van der Waals surface area contributed by atoms with Gasteiger partial charge in [0.05, 0.1) is 6.61 Å². The molecule has 8 nitrogen and oxygen atoms in total. The van der Waals surface area contributed by atoms with E-state index < -0.39 is 36.7 Å². The van der Waals surface area contributed by atoms with Gasteiger partial charge in [-0.3, -0.25) is 4.79 Å². The Kier molecular flexibility index (Phi) is 8.87. The molecule has 2 aromatic carbocycles. The zero-order valence-corrected chi connectivity index (χ0v) is 17.5. The van der Waals surface area contributed by atoms with Gasteiger partial charge < -0.3 is 25.6 Å². The van der Waals surface area contributed by atoms with Crippen LogP contribution in [0.25, 0.3) is 0 Å². The predicted molar refractivity (Wildman–Crippen MR) is 113 cm³/mol. The van der Waals surface area contributed by atoms with E-state index in [4.69, 9.17) is 4.74 Å². The molecule has 2 amide bonds. The number of ether oxygens (including phenoxy) is 1. The third-order valence-electron chi connectivity index (χ3n) is 3.95. The van der Waals surface area contributed by atoms with Gasteiger partial charge in [-0.2, -0.15) is 0 Å². The van der Waals surface area contributed by atoms with Crippen molar-refractivity contribution < 1.29 is 29.3 Å². The number of hydrogen-bond donors (Lipinski definition) is 4. The highest BCUT2D eigenvalue weighted by Gasteiger charge is 2.26. The van der Waals surface area contributed by atoms with E-state index in [1.54, 1.807) is 36.4 Å². The van der Waals surface area contributed by atoms with Gasteiger partial charge in [0.15, 0.2) is 0 Å². The first-order valence-corrected chi connectivity index (χ1v) is 9.82. The molecule has 0 saturated carbocycles. The first-order chi connectivity index (χ1) is 13.9. The monoisotopic (exact) mass is 512 g/mol. The van der Waals surface area contributed by atoms with Gasteiger partial charge in [-0.05, 0) is 45.9 Å². The number of carbonyl (C=O) groups is 3. The van der Waals surface area contributed by atoms with Crippen LogP contribution in [0.3, 0.4) is 0 Å². The molecule has 0 unspecified atom stereocenters. The molecule has 0 aliphatic heterocycles. The van der Waals surface area contributed by atoms with E-state index in [1.165, 1.54) is 0 Å². The molecule has 0 aromatic heterocycles. The molecule has 0 aliphatic carbocycles. The topological polar surface area (TPSA) is 125 Å². The maximum Gasteiger partial charge on any atom is 0.408 e. The molecule has 0 heterocycles. The molecule has 0 fully saturated rings. The van der Waals surface area contributed by atoms with Gasteiger partial charge in [-0.15, -0.1) is 0 Å². The van der Waals surface area contributed by atoms with E-state index in [2.05, 4.69) is 33.2 Å². The predicted octanol–water partition coefficient (Wildman–Crippen LogP) is 1.69. The molecule has 2 aromatic rings. The first-order valence-electron chi connectivity index (χ1n) is 8.74. The molecule has 29 heavy (non-hydrogen) atoms. The number of hydrogen-bond acceptors (Lipinski definition) is 5. The molecule has 0 spiro atoms. The SMILES string of the molecule is O=C(N[C@@H](CO)C(=O)N[C@@H](Cc1cccc(I)c1)C(=O)O)OCc1ccccc1. The van der Waals surface area contributed by atoms with E-state index in [1.807, 2.05) is 18.2 Å². The Bertz CT molecular complexity index is 846. The first kappa shape index (κ1) is 22.6. The molecule has 0 radical (unpaired) electrons. The number of amides is 2. The number of halogens is 1. The Morgan fingerprint density at radius 3 is 2.28 bits per heavy atom. The number of nitrogens with one attached hydrogen (secondary N) is 2. The quantitative estimate of drug-likeness (QED) is 0.379. The summed E-state index contributed by atoms with van der Waals surface area (Å²) in [6, 6.07) is 13.6. The molecule has 4 N–H and O–H groups in total. The summed E-state index contributed by atoms with van der Waals surface area (Å²) in [5, 5.41) is 23.4. The fourth-order valence-electron chi connectivity index (χ4n) is 2.47. The number of carboxylic acid groups (broad SMARTS) is 1. The van der Waals surface area contributed by atoms with Crippen LogP contribution in [-0.2, 0) is 27.4 Å². The van der Waals surface area contributed by atoms with Crippen LogP contribution in [0.5, 0.6) is 0 Å². The number of rotatable bonds is 9. The molecular weight excluding hydrogens is 491 g/mol. The third kappa shape index (κ3) is 7.70. The van der Waals surface area contributed by atoms with E-state index in [9.17, 15) is 24.6 Å². The average Bonchev–Trinajstić information content (AvgIpc) is 2.70. The molecule has 0 bridgehead atoms. The van der Waals surface area contributed by atoms with Crippen LogP contribution in [-0.4, -0.2) is 46.9 Å². The van der Waals surface area contributed by atoms with Crippen molar-refractivity contribution in [1.82, 2.24) is 10.6 Å². The zero-order chi connectivity index (χ0) is 21.2. The normalized spacial score (nSPS) is 12.5. The lowest BCUT2D eigenvalue weighted by atomic mass is 10.1. The van der Waals surface area contributed by atoms with Gasteiger partial charge in [-0.25, -0.2) is 9.59 Å². The molecular formula is C20H21IN2O6. The molecule has 0 aliphatic rings. The molecule has 154 valence electrons. The van der Waals surface area contributed by atoms with Crippen molar-refractivity contribution >= 4 is 40.6 Å². The second-order valence-corrected chi connectivity index (χ2v) is 7.42. The minimum absolute atomic E-state index is 0.00314. The average molecular weight is 512 g/mol. The van der Waals surface area contributed by atoms with Gasteiger partial charge in [0, 0.05) is 9.99 Å². The number of carboxylic acids is 1. The van der Waals surface area contributed by atoms with Crippen molar-refractivity contribution in [2.75, 3.05) is 6.61 Å². The highest BCUT2D eigenvalue weighted by molar-refractivity contribution is 14.1. The highest BCUT2D eigenvalue weighted by Crippen LogP contribution is 2.10. The van der Waals surface area contributed by atoms with Crippen molar-refractivity contribution in [3.8, 4) is 0 Å². The fourth-order valence-corrected chi connectivity index (χ4v) is 3.08. The fraction of sp³-hybridized carbons (Fsp3) is 0.250. The van der Waals surface area contributed by atoms with Crippen molar-refractivity contribution in [2.45, 2.75) is 25.1 Å². The maximum absolute atomic E-state index is 12.3. The number of aliphatic carboxylic acids is 1. The van der Waals surface area contributed by atoms with E-state index >= 15 is 0 Å². The molecule has 2 atom stereocenters. The summed E-state index contributed by atoms with van der Waals surface area (Å²) in [6.07, 6.45) is -0.832. The van der Waals surface area contributed by atoms with Crippen molar-refractivity contribution in [3.05, 3.63) is 69.3 Å². The Morgan fingerprint density at radius 2 is 1.66 bits per heavy atom. The Morgan fingerprint density at radius 1 is 0.966 bits per heavy atom. The largest absolute Gasteiger partial charge is 0.480 e. The lowest BCUT2D eigenvalue weighted by molar-refractivity contribution is -0.142. The summed E-state index contributed by atoms with van der Waals surface area (Å²) in [6.45, 7) is -0.710. The smallest absolute Gasteiger partial charge is 0.408 e. The Labute approximate surface area is 181 Å². The van der Waals surface area contributed by atoms with Crippen LogP contribution in [0.15, 0.2) is 54.6 Å². The number of aliphatic hydroxyl groups excluding tert-OH is 1. The van der Waals surface area contributed by atoms with E-state index in [0.717, 1.165) is 14.7 Å². The van der Waals surface area contributed by atoms with Gasteiger partial charge >= 0.3 is 12.1 Å².